The van der Waals surface area contributed by atoms with Gasteiger partial charge in [-0.2, -0.15) is 10.5 Å². The van der Waals surface area contributed by atoms with Crippen molar-refractivity contribution in [2.24, 2.45) is 11.8 Å². The van der Waals surface area contributed by atoms with E-state index in [-0.39, 0.29) is 37.6 Å². The van der Waals surface area contributed by atoms with Crippen molar-refractivity contribution in [2.45, 2.75) is 84.3 Å². The monoisotopic (exact) mass is 970 g/mol. The molecular weight excluding hydrogens is 892 g/mol. The van der Waals surface area contributed by atoms with Gasteiger partial charge in [0.05, 0.1) is 103 Å². The predicted octanol–water partition coefficient (Wildman–Crippen LogP) is 6.49. The van der Waals surface area contributed by atoms with Gasteiger partial charge in [0.25, 0.3) is 0 Å². The lowest BCUT2D eigenvalue weighted by Gasteiger charge is -2.32. The summed E-state index contributed by atoms with van der Waals surface area (Å²) in [5.41, 5.74) is 2.34. The predicted molar refractivity (Wildman–Crippen MR) is 250 cm³/mol. The Labute approximate surface area is 391 Å². The molecule has 2 aromatic rings. The minimum atomic E-state index is -0.711. The van der Waals surface area contributed by atoms with Crippen molar-refractivity contribution >= 4 is 15.9 Å². The van der Waals surface area contributed by atoms with Crippen molar-refractivity contribution in [3.8, 4) is 23.6 Å². The number of rotatable bonds is 31. The van der Waals surface area contributed by atoms with E-state index in [0.717, 1.165) is 36.1 Å². The molecule has 4 N–H and O–H groups in total. The van der Waals surface area contributed by atoms with Crippen LogP contribution in [0.15, 0.2) is 36.4 Å². The van der Waals surface area contributed by atoms with Crippen LogP contribution in [0.5, 0.6) is 11.5 Å². The Morgan fingerprint density at radius 1 is 0.656 bits per heavy atom. The first-order chi connectivity index (χ1) is 31.1. The SMILES string of the molecule is C1CCOC1.COCCOCCOCCOc1ccc(C(C#N)(CCCO)C(C)C)cc1CO.COCCOCCOCCOc1ccc(C(C#N)C(C)C)cc1CO.OCCCBr. The summed E-state index contributed by atoms with van der Waals surface area (Å²) in [6, 6.07) is 15.8. The molecule has 0 spiro atoms. The second kappa shape index (κ2) is 41.5. The Balaban J connectivity index is 0.00000102. The van der Waals surface area contributed by atoms with Gasteiger partial charge < -0.3 is 63.1 Å². The van der Waals surface area contributed by atoms with Gasteiger partial charge in [-0.3, -0.25) is 0 Å². The molecule has 1 fully saturated rings. The Hall–Kier alpha value is -2.94. The highest BCUT2D eigenvalue weighted by Gasteiger charge is 2.36. The van der Waals surface area contributed by atoms with E-state index in [1.54, 1.807) is 20.3 Å². The maximum Gasteiger partial charge on any atom is 0.124 e. The van der Waals surface area contributed by atoms with Crippen molar-refractivity contribution in [3.05, 3.63) is 58.7 Å². The van der Waals surface area contributed by atoms with E-state index in [0.29, 0.717) is 121 Å². The van der Waals surface area contributed by atoms with Crippen molar-refractivity contribution in [1.29, 1.82) is 10.5 Å². The third kappa shape index (κ3) is 26.9. The van der Waals surface area contributed by atoms with Gasteiger partial charge in [0.2, 0.25) is 0 Å². The van der Waals surface area contributed by atoms with Crippen LogP contribution in [0.25, 0.3) is 0 Å². The summed E-state index contributed by atoms with van der Waals surface area (Å²) in [6.45, 7) is 15.8. The van der Waals surface area contributed by atoms with Gasteiger partial charge >= 0.3 is 0 Å². The molecule has 3 rings (SSSR count). The van der Waals surface area contributed by atoms with E-state index in [1.807, 2.05) is 58.0 Å². The van der Waals surface area contributed by atoms with E-state index in [4.69, 9.17) is 47.7 Å². The first kappa shape index (κ1) is 61.1. The van der Waals surface area contributed by atoms with Crippen molar-refractivity contribution in [2.75, 3.05) is 125 Å². The maximum atomic E-state index is 9.89. The van der Waals surface area contributed by atoms with E-state index < -0.39 is 5.41 Å². The molecule has 16 heteroatoms. The smallest absolute Gasteiger partial charge is 0.124 e. The molecule has 2 unspecified atom stereocenters. The second-order valence-corrected chi connectivity index (χ2v) is 15.9. The van der Waals surface area contributed by atoms with Gasteiger partial charge in [-0.1, -0.05) is 55.8 Å². The van der Waals surface area contributed by atoms with Gasteiger partial charge in [-0.25, -0.2) is 0 Å². The van der Waals surface area contributed by atoms with Crippen LogP contribution in [0.4, 0.5) is 0 Å². The van der Waals surface area contributed by atoms with Gasteiger partial charge in [-0.15, -0.1) is 0 Å². The highest BCUT2D eigenvalue weighted by atomic mass is 79.9. The normalized spacial score (nSPS) is 13.3. The van der Waals surface area contributed by atoms with E-state index in [1.165, 1.54) is 12.8 Å². The summed E-state index contributed by atoms with van der Waals surface area (Å²) in [5.74, 6) is 1.28. The number of benzene rings is 2. The van der Waals surface area contributed by atoms with Crippen LogP contribution >= 0.6 is 15.9 Å². The van der Waals surface area contributed by atoms with Crippen molar-refractivity contribution < 1.29 is 63.1 Å². The van der Waals surface area contributed by atoms with Gasteiger partial charge in [0, 0.05) is 57.1 Å². The Morgan fingerprint density at radius 2 is 1.12 bits per heavy atom. The third-order valence-electron chi connectivity index (χ3n) is 9.78. The minimum absolute atomic E-state index is 0.0433. The van der Waals surface area contributed by atoms with Crippen molar-refractivity contribution in [1.82, 2.24) is 0 Å². The quantitative estimate of drug-likeness (QED) is 0.0470. The summed E-state index contributed by atoms with van der Waals surface area (Å²) < 4.78 is 47.6. The summed E-state index contributed by atoms with van der Waals surface area (Å²) in [7, 11) is 3.26. The molecule has 1 heterocycles. The van der Waals surface area contributed by atoms with Gasteiger partial charge in [0.15, 0.2) is 0 Å². The topological polar surface area (TPSA) is 212 Å². The number of ether oxygens (including phenoxy) is 9. The van der Waals surface area contributed by atoms with Gasteiger partial charge in [0.1, 0.15) is 24.7 Å². The molecule has 0 radical (unpaired) electrons. The fourth-order valence-corrected chi connectivity index (χ4v) is 6.33. The average Bonchev–Trinajstić information content (AvgIpc) is 3.90. The molecule has 1 saturated heterocycles. The first-order valence-electron chi connectivity index (χ1n) is 22.3. The average molecular weight is 972 g/mol. The summed E-state index contributed by atoms with van der Waals surface area (Å²) in [4.78, 5) is 0. The fraction of sp³-hybridized carbons (Fsp3) is 0.708. The largest absolute Gasteiger partial charge is 0.491 e. The summed E-state index contributed by atoms with van der Waals surface area (Å²) in [5, 5.41) is 56.7. The van der Waals surface area contributed by atoms with E-state index in [2.05, 4.69) is 28.1 Å². The third-order valence-corrected chi connectivity index (χ3v) is 10.3. The maximum absolute atomic E-state index is 9.89. The number of aliphatic hydroxyl groups excluding tert-OH is 4. The zero-order valence-corrected chi connectivity index (χ0v) is 41.0. The summed E-state index contributed by atoms with van der Waals surface area (Å²) in [6.07, 6.45) is 4.52. The number of hydrogen-bond acceptors (Lipinski definition) is 15. The highest BCUT2D eigenvalue weighted by molar-refractivity contribution is 9.09. The Morgan fingerprint density at radius 3 is 1.48 bits per heavy atom. The lowest BCUT2D eigenvalue weighted by Crippen LogP contribution is -2.31. The number of aliphatic hydroxyl groups is 4. The molecule has 0 aromatic heterocycles. The number of methoxy groups -OCH3 is 2. The fourth-order valence-electron chi connectivity index (χ4n) is 6.08. The Kier molecular flexibility index (Phi) is 39.6. The van der Waals surface area contributed by atoms with Crippen LogP contribution in [0.3, 0.4) is 0 Å². The van der Waals surface area contributed by atoms with E-state index in [9.17, 15) is 25.8 Å². The number of hydrogen-bond donors (Lipinski definition) is 4. The summed E-state index contributed by atoms with van der Waals surface area (Å²) >= 11 is 3.15. The molecule has 15 nitrogen and oxygen atoms in total. The highest BCUT2D eigenvalue weighted by Crippen LogP contribution is 2.38. The molecule has 0 amide bonds. The van der Waals surface area contributed by atoms with Crippen LogP contribution in [-0.2, 0) is 51.8 Å². The number of halogens is 1. The lowest BCUT2D eigenvalue weighted by atomic mass is 9.69. The van der Waals surface area contributed by atoms with Gasteiger partial charge in [-0.05, 0) is 79.3 Å². The zero-order chi connectivity index (χ0) is 47.7. The molecule has 2 atom stereocenters. The Bertz CT molecular complexity index is 1480. The molecule has 2 aromatic carbocycles. The molecule has 1 aliphatic rings. The van der Waals surface area contributed by atoms with Crippen LogP contribution in [0.2, 0.25) is 0 Å². The van der Waals surface area contributed by atoms with Crippen LogP contribution < -0.4 is 9.47 Å². The molecule has 0 saturated carbocycles. The molecule has 0 bridgehead atoms. The first-order valence-corrected chi connectivity index (χ1v) is 23.4. The molecule has 64 heavy (non-hydrogen) atoms. The van der Waals surface area contributed by atoms with E-state index >= 15 is 0 Å². The minimum Gasteiger partial charge on any atom is -0.491 e. The number of nitriles is 2. The second-order valence-electron chi connectivity index (χ2n) is 15.1. The number of nitrogens with zero attached hydrogens (tertiary/aromatic N) is 2. The lowest BCUT2D eigenvalue weighted by molar-refractivity contribution is 0.0178. The van der Waals surface area contributed by atoms with Crippen molar-refractivity contribution in [3.63, 3.8) is 0 Å². The number of alkyl halides is 1. The molecular formula is C48H79BrN2O13. The van der Waals surface area contributed by atoms with Crippen LogP contribution in [-0.4, -0.2) is 146 Å². The zero-order valence-electron chi connectivity index (χ0n) is 39.4. The van der Waals surface area contributed by atoms with Crippen LogP contribution in [0.1, 0.15) is 88.0 Å². The standard InChI is InChI=1S/C22H35NO6.C19H29NO5.C4H8O.C3H7BrO/c1-18(2)22(17-23,7-4-8-24)20-5-6-21(19(15-20)16-25)29-14-13-28-12-11-27-10-9-26-3;1-15(2)18(13-20)16-4-5-19(17(12-16)14-21)25-11-10-24-9-8-23-7-6-22-3;1-2-4-5-3-1;4-2-1-3-5/h5-6,15,18,24-25H,4,7-14,16H2,1-3H3;4-5,12,15,18,21H,6-11,14H2,1-3H3;1-4H2;5H,1-3H2. The molecule has 0 aliphatic carbocycles. The molecule has 1 aliphatic heterocycles. The molecule has 366 valence electrons. The van der Waals surface area contributed by atoms with Crippen LogP contribution in [0, 0.1) is 34.5 Å².